The Morgan fingerprint density at radius 2 is 2.06 bits per heavy atom. The normalized spacial score (nSPS) is 10.3. The van der Waals surface area contributed by atoms with Gasteiger partial charge in [0.1, 0.15) is 17.5 Å². The molecule has 0 aliphatic heterocycles. The zero-order valence-electron chi connectivity index (χ0n) is 8.99. The van der Waals surface area contributed by atoms with Crippen molar-refractivity contribution in [3.05, 3.63) is 48.3 Å². The van der Waals surface area contributed by atoms with Crippen molar-refractivity contribution in [1.29, 1.82) is 5.26 Å². The van der Waals surface area contributed by atoms with Gasteiger partial charge in [-0.1, -0.05) is 18.2 Å². The molecule has 0 radical (unpaired) electrons. The van der Waals surface area contributed by atoms with Crippen molar-refractivity contribution in [3.63, 3.8) is 0 Å². The molecule has 0 saturated heterocycles. The summed E-state index contributed by atoms with van der Waals surface area (Å²) < 4.78 is 0. The van der Waals surface area contributed by atoms with Crippen LogP contribution in [0.1, 0.15) is 5.56 Å². The summed E-state index contributed by atoms with van der Waals surface area (Å²) in [5.41, 5.74) is 2.52. The van der Waals surface area contributed by atoms with E-state index in [1.807, 2.05) is 42.7 Å². The van der Waals surface area contributed by atoms with Gasteiger partial charge in [-0.3, -0.25) is 0 Å². The van der Waals surface area contributed by atoms with E-state index in [2.05, 4.69) is 21.4 Å². The number of hydrogen-bond donors (Lipinski definition) is 3. The quantitative estimate of drug-likeness (QED) is 0.623. The van der Waals surface area contributed by atoms with E-state index in [1.54, 1.807) is 0 Å². The fourth-order valence-electron chi connectivity index (χ4n) is 1.90. The number of aromatic nitrogens is 2. The number of anilines is 2. The maximum Gasteiger partial charge on any atom is 0.127 e. The second-order valence-electron chi connectivity index (χ2n) is 3.76. The summed E-state index contributed by atoms with van der Waals surface area (Å²) >= 11 is 0. The molecule has 0 saturated carbocycles. The summed E-state index contributed by atoms with van der Waals surface area (Å²) in [4.78, 5) is 6.17. The molecule has 0 amide bonds. The molecule has 3 rings (SSSR count). The molecule has 2 aromatic heterocycles. The van der Waals surface area contributed by atoms with Gasteiger partial charge in [-0.05, 0) is 12.1 Å². The van der Waals surface area contributed by atoms with Crippen molar-refractivity contribution in [2.45, 2.75) is 0 Å². The lowest BCUT2D eigenvalue weighted by Gasteiger charge is -2.00. The lowest BCUT2D eigenvalue weighted by Crippen LogP contribution is -1.90. The average molecular weight is 222 g/mol. The molecule has 1 aromatic carbocycles. The van der Waals surface area contributed by atoms with Gasteiger partial charge in [0.25, 0.3) is 0 Å². The van der Waals surface area contributed by atoms with Crippen LogP contribution in [0.5, 0.6) is 0 Å². The van der Waals surface area contributed by atoms with Crippen LogP contribution in [0.2, 0.25) is 0 Å². The van der Waals surface area contributed by atoms with Gasteiger partial charge in [-0.2, -0.15) is 5.26 Å². The fourth-order valence-corrected chi connectivity index (χ4v) is 1.90. The molecule has 0 atom stereocenters. The smallest absolute Gasteiger partial charge is 0.127 e. The molecule has 0 fully saturated rings. The van der Waals surface area contributed by atoms with Crippen molar-refractivity contribution >= 4 is 22.4 Å². The second kappa shape index (κ2) is 3.72. The third kappa shape index (κ3) is 1.54. The van der Waals surface area contributed by atoms with E-state index >= 15 is 0 Å². The van der Waals surface area contributed by atoms with Crippen molar-refractivity contribution in [2.75, 3.05) is 5.32 Å². The molecule has 0 spiro atoms. The molecule has 0 aliphatic carbocycles. The Balaban J connectivity index is 2.13. The highest BCUT2D eigenvalue weighted by Gasteiger charge is 2.10. The number of benzene rings is 1. The topological polar surface area (TPSA) is 67.4 Å². The molecule has 4 heteroatoms. The summed E-state index contributed by atoms with van der Waals surface area (Å²) in [5, 5.41) is 13.3. The molecule has 17 heavy (non-hydrogen) atoms. The lowest BCUT2D eigenvalue weighted by molar-refractivity contribution is 1.38. The Labute approximate surface area is 97.9 Å². The van der Waals surface area contributed by atoms with Crippen LogP contribution in [-0.4, -0.2) is 9.97 Å². The van der Waals surface area contributed by atoms with Gasteiger partial charge in [-0.25, -0.2) is 0 Å². The number of nitriles is 1. The monoisotopic (exact) mass is 222 g/mol. The first kappa shape index (κ1) is 9.55. The number of nitrogens with one attached hydrogen (secondary N) is 3. The Kier molecular flexibility index (Phi) is 2.09. The molecule has 82 valence electrons. The highest BCUT2D eigenvalue weighted by atomic mass is 15.0. The van der Waals surface area contributed by atoms with Crippen molar-refractivity contribution in [1.82, 2.24) is 9.97 Å². The van der Waals surface area contributed by atoms with Gasteiger partial charge < -0.3 is 15.3 Å². The molecule has 3 N–H and O–H groups in total. The van der Waals surface area contributed by atoms with Gasteiger partial charge in [0.2, 0.25) is 0 Å². The van der Waals surface area contributed by atoms with E-state index in [9.17, 15) is 5.26 Å². The van der Waals surface area contributed by atoms with Crippen molar-refractivity contribution in [2.24, 2.45) is 0 Å². The third-order valence-corrected chi connectivity index (χ3v) is 2.69. The van der Waals surface area contributed by atoms with E-state index < -0.39 is 0 Å². The number of fused-ring (bicyclic) bond motifs is 1. The van der Waals surface area contributed by atoms with Crippen LogP contribution >= 0.6 is 0 Å². The Bertz CT molecular complexity index is 686. The number of aromatic amines is 2. The summed E-state index contributed by atoms with van der Waals surface area (Å²) in [6.45, 7) is 0. The largest absolute Gasteiger partial charge is 0.366 e. The maximum atomic E-state index is 9.22. The SMILES string of the molecule is N#Cc1c(Nc2cc[nH]c2)[nH]c2ccccc12. The van der Waals surface area contributed by atoms with E-state index in [-0.39, 0.29) is 0 Å². The zero-order valence-corrected chi connectivity index (χ0v) is 8.99. The molecule has 3 aromatic rings. The summed E-state index contributed by atoms with van der Waals surface area (Å²) in [7, 11) is 0. The van der Waals surface area contributed by atoms with E-state index in [4.69, 9.17) is 0 Å². The van der Waals surface area contributed by atoms with Gasteiger partial charge in [0.15, 0.2) is 0 Å². The molecular formula is C13H10N4. The van der Waals surface area contributed by atoms with Crippen LogP contribution < -0.4 is 5.32 Å². The lowest BCUT2D eigenvalue weighted by atomic mass is 10.2. The highest BCUT2D eigenvalue weighted by Crippen LogP contribution is 2.27. The van der Waals surface area contributed by atoms with E-state index in [0.717, 1.165) is 22.4 Å². The number of rotatable bonds is 2. The van der Waals surface area contributed by atoms with Crippen LogP contribution in [0.25, 0.3) is 10.9 Å². The van der Waals surface area contributed by atoms with Gasteiger partial charge in [0, 0.05) is 23.3 Å². The van der Waals surface area contributed by atoms with E-state index in [1.165, 1.54) is 0 Å². The van der Waals surface area contributed by atoms with Gasteiger partial charge >= 0.3 is 0 Å². The average Bonchev–Trinajstić information content (AvgIpc) is 2.96. The first-order chi connectivity index (χ1) is 8.38. The molecule has 2 heterocycles. The van der Waals surface area contributed by atoms with Crippen LogP contribution in [-0.2, 0) is 0 Å². The van der Waals surface area contributed by atoms with Crippen LogP contribution in [0.4, 0.5) is 11.5 Å². The minimum atomic E-state index is 0.641. The first-order valence-electron chi connectivity index (χ1n) is 5.29. The number of hydrogen-bond acceptors (Lipinski definition) is 2. The van der Waals surface area contributed by atoms with E-state index in [0.29, 0.717) is 5.56 Å². The highest BCUT2D eigenvalue weighted by molar-refractivity contribution is 5.92. The predicted molar refractivity (Wildman–Crippen MR) is 67.1 cm³/mol. The van der Waals surface area contributed by atoms with Crippen LogP contribution in [0.15, 0.2) is 42.7 Å². The number of para-hydroxylation sites is 1. The summed E-state index contributed by atoms with van der Waals surface area (Å²) in [6.07, 6.45) is 3.67. The minimum absolute atomic E-state index is 0.641. The number of H-pyrrole nitrogens is 2. The fraction of sp³-hybridized carbons (Fsp3) is 0. The van der Waals surface area contributed by atoms with Crippen molar-refractivity contribution in [3.8, 4) is 6.07 Å². The number of nitrogens with zero attached hydrogens (tertiary/aromatic N) is 1. The van der Waals surface area contributed by atoms with Gasteiger partial charge in [0.05, 0.1) is 5.69 Å². The first-order valence-corrected chi connectivity index (χ1v) is 5.29. The third-order valence-electron chi connectivity index (χ3n) is 2.69. The van der Waals surface area contributed by atoms with Crippen LogP contribution in [0, 0.1) is 11.3 Å². The molecule has 4 nitrogen and oxygen atoms in total. The second-order valence-corrected chi connectivity index (χ2v) is 3.76. The Hall–Kier alpha value is -2.67. The molecular weight excluding hydrogens is 212 g/mol. The molecule has 0 aliphatic rings. The summed E-state index contributed by atoms with van der Waals surface area (Å²) in [5.74, 6) is 0.730. The summed E-state index contributed by atoms with van der Waals surface area (Å²) in [6, 6.07) is 11.9. The van der Waals surface area contributed by atoms with Crippen LogP contribution in [0.3, 0.4) is 0 Å². The minimum Gasteiger partial charge on any atom is -0.366 e. The van der Waals surface area contributed by atoms with Gasteiger partial charge in [-0.15, -0.1) is 0 Å². The molecule has 0 bridgehead atoms. The zero-order chi connectivity index (χ0) is 11.7. The predicted octanol–water partition coefficient (Wildman–Crippen LogP) is 3.11. The Morgan fingerprint density at radius 3 is 2.82 bits per heavy atom. The Morgan fingerprint density at radius 1 is 1.18 bits per heavy atom. The molecule has 0 unspecified atom stereocenters. The van der Waals surface area contributed by atoms with Crippen molar-refractivity contribution < 1.29 is 0 Å². The standard InChI is InChI=1S/C13H10N4/c14-7-11-10-3-1-2-4-12(10)17-13(11)16-9-5-6-15-8-9/h1-6,8,15-17H. The maximum absolute atomic E-state index is 9.22.